The van der Waals surface area contributed by atoms with Gasteiger partial charge in [0, 0.05) is 32.6 Å². The summed E-state index contributed by atoms with van der Waals surface area (Å²) in [6.07, 6.45) is -1.08. The fourth-order valence-electron chi connectivity index (χ4n) is 6.38. The van der Waals surface area contributed by atoms with E-state index in [9.17, 15) is 0 Å². The molecule has 6 nitrogen and oxygen atoms in total. The van der Waals surface area contributed by atoms with Crippen LogP contribution >= 0.6 is 0 Å². The molecule has 0 amide bonds. The Kier molecular flexibility index (Phi) is 12.2. The van der Waals surface area contributed by atoms with Crippen molar-refractivity contribution in [3.63, 3.8) is 0 Å². The monoisotopic (exact) mass is 663 g/mol. The van der Waals surface area contributed by atoms with E-state index in [0.29, 0.717) is 0 Å². The molecule has 0 radical (unpaired) electrons. The highest BCUT2D eigenvalue weighted by Crippen LogP contribution is 2.37. The third-order valence-corrected chi connectivity index (χ3v) is 8.92. The van der Waals surface area contributed by atoms with Gasteiger partial charge in [0.25, 0.3) is 0 Å². The predicted molar refractivity (Wildman–Crippen MR) is 201 cm³/mol. The van der Waals surface area contributed by atoms with Crippen molar-refractivity contribution in [1.29, 1.82) is 0 Å². The number of methoxy groups -OCH3 is 3. The quantitative estimate of drug-likeness (QED) is 0.0897. The van der Waals surface area contributed by atoms with E-state index >= 15 is 0 Å². The molecule has 5 unspecified atom stereocenters. The summed E-state index contributed by atoms with van der Waals surface area (Å²) in [7, 11) is 5.21. The van der Waals surface area contributed by atoms with Crippen molar-refractivity contribution in [1.82, 2.24) is 10.6 Å². The minimum Gasteiger partial charge on any atom is -0.362 e. The van der Waals surface area contributed by atoms with Gasteiger partial charge in [-0.2, -0.15) is 0 Å². The van der Waals surface area contributed by atoms with Gasteiger partial charge in [-0.05, 0) is 45.5 Å². The Bertz CT molecular complexity index is 1860. The van der Waals surface area contributed by atoms with Crippen molar-refractivity contribution < 1.29 is 14.2 Å². The highest BCUT2D eigenvalue weighted by molar-refractivity contribution is 5.58. The molecule has 6 rings (SSSR count). The van der Waals surface area contributed by atoms with E-state index in [4.69, 9.17) is 14.2 Å². The number of nitrogens with one attached hydrogen (secondary N) is 3. The topological polar surface area (TPSA) is 63.8 Å². The van der Waals surface area contributed by atoms with Crippen LogP contribution in [0.2, 0.25) is 0 Å². The summed E-state index contributed by atoms with van der Waals surface area (Å²) < 4.78 is 18.2. The Morgan fingerprint density at radius 2 is 0.720 bits per heavy atom. The first kappa shape index (κ1) is 34.8. The highest BCUT2D eigenvalue weighted by Gasteiger charge is 2.27. The first-order valence-electron chi connectivity index (χ1n) is 16.9. The summed E-state index contributed by atoms with van der Waals surface area (Å²) in [5.74, 6) is 0. The lowest BCUT2D eigenvalue weighted by molar-refractivity contribution is 0.0660. The number of hydrogen-bond donors (Lipinski definition) is 3. The van der Waals surface area contributed by atoms with Gasteiger partial charge in [-0.1, -0.05) is 158 Å². The Balaban J connectivity index is 1.50. The van der Waals surface area contributed by atoms with Crippen molar-refractivity contribution in [3.05, 3.63) is 209 Å². The van der Waals surface area contributed by atoms with Gasteiger partial charge >= 0.3 is 0 Å². The maximum atomic E-state index is 6.10. The van der Waals surface area contributed by atoms with Gasteiger partial charge < -0.3 is 19.5 Å². The SMILES string of the molecule is COC(Nc1ccc(C(NC(OC)c2ccccc2)c2ccccc2)cc1C(NC(OC)c1ccccc1)c1ccccc1)c1ccccc1. The van der Waals surface area contributed by atoms with Crippen LogP contribution in [0.25, 0.3) is 0 Å². The second kappa shape index (κ2) is 17.5. The lowest BCUT2D eigenvalue weighted by Gasteiger charge is -2.31. The molecular weight excluding hydrogens is 619 g/mol. The van der Waals surface area contributed by atoms with E-state index in [1.807, 2.05) is 66.7 Å². The van der Waals surface area contributed by atoms with Crippen molar-refractivity contribution in [3.8, 4) is 0 Å². The molecule has 0 saturated carbocycles. The Morgan fingerprint density at radius 1 is 0.360 bits per heavy atom. The van der Waals surface area contributed by atoms with Gasteiger partial charge in [0.1, 0.15) is 12.5 Å². The van der Waals surface area contributed by atoms with Crippen molar-refractivity contribution in [2.45, 2.75) is 30.8 Å². The normalized spacial score (nSPS) is 14.3. The second-order valence-electron chi connectivity index (χ2n) is 12.1. The Labute approximate surface area is 296 Å². The number of benzene rings is 6. The molecule has 0 heterocycles. The molecule has 6 aromatic rings. The van der Waals surface area contributed by atoms with Crippen molar-refractivity contribution in [2.75, 3.05) is 26.6 Å². The number of ether oxygens (including phenoxy) is 3. The first-order valence-corrected chi connectivity index (χ1v) is 16.9. The fraction of sp³-hybridized carbons (Fsp3) is 0.182. The molecule has 0 saturated heterocycles. The minimum atomic E-state index is -0.372. The van der Waals surface area contributed by atoms with Crippen molar-refractivity contribution in [2.24, 2.45) is 0 Å². The zero-order valence-corrected chi connectivity index (χ0v) is 28.8. The van der Waals surface area contributed by atoms with Crippen LogP contribution < -0.4 is 16.0 Å². The molecule has 0 fully saturated rings. The van der Waals surface area contributed by atoms with Crippen molar-refractivity contribution >= 4 is 5.69 Å². The average Bonchev–Trinajstić information content (AvgIpc) is 3.20. The summed E-state index contributed by atoms with van der Waals surface area (Å²) in [5, 5.41) is 11.4. The molecule has 0 aliphatic heterocycles. The average molecular weight is 664 g/mol. The summed E-state index contributed by atoms with van der Waals surface area (Å²) in [5.41, 5.74) is 8.41. The number of anilines is 1. The van der Waals surface area contributed by atoms with Crippen LogP contribution in [0.15, 0.2) is 170 Å². The van der Waals surface area contributed by atoms with Crippen LogP contribution in [0, 0.1) is 0 Å². The Morgan fingerprint density at radius 3 is 1.14 bits per heavy atom. The van der Waals surface area contributed by atoms with Crippen LogP contribution in [0.4, 0.5) is 5.69 Å². The zero-order chi connectivity index (χ0) is 34.5. The Hall–Kier alpha value is -5.08. The lowest BCUT2D eigenvalue weighted by Crippen LogP contribution is -2.31. The maximum absolute atomic E-state index is 6.10. The summed E-state index contributed by atoms with van der Waals surface area (Å²) >= 11 is 0. The van der Waals surface area contributed by atoms with E-state index < -0.39 is 0 Å². The van der Waals surface area contributed by atoms with Crippen LogP contribution in [0.3, 0.4) is 0 Å². The standard InChI is InChI=1S/C44H45N3O3/c1-48-42(34-23-13-6-14-24-34)45-39-30-29-37(40(32-19-9-4-10-20-32)46-43(49-2)35-25-15-7-16-26-35)31-38(39)41(33-21-11-5-12-22-33)47-44(50-3)36-27-17-8-18-28-36/h4-31,40-47H,1-3H3. The highest BCUT2D eigenvalue weighted by atomic mass is 16.5. The molecule has 6 aromatic carbocycles. The maximum Gasteiger partial charge on any atom is 0.153 e. The molecule has 5 atom stereocenters. The molecule has 0 bridgehead atoms. The van der Waals surface area contributed by atoms with Crippen LogP contribution in [-0.4, -0.2) is 21.3 Å². The first-order chi connectivity index (χ1) is 24.7. The minimum absolute atomic E-state index is 0.190. The molecule has 0 aliphatic carbocycles. The third-order valence-electron chi connectivity index (χ3n) is 8.92. The summed E-state index contributed by atoms with van der Waals surface area (Å²) in [6.45, 7) is 0. The number of hydrogen-bond acceptors (Lipinski definition) is 6. The smallest absolute Gasteiger partial charge is 0.153 e. The lowest BCUT2D eigenvalue weighted by atomic mass is 9.90. The van der Waals surface area contributed by atoms with Gasteiger partial charge in [-0.15, -0.1) is 0 Å². The largest absolute Gasteiger partial charge is 0.362 e. The van der Waals surface area contributed by atoms with Gasteiger partial charge in [0.05, 0.1) is 12.1 Å². The molecule has 254 valence electrons. The molecule has 0 aromatic heterocycles. The van der Waals surface area contributed by atoms with Gasteiger partial charge in [-0.3, -0.25) is 10.6 Å². The van der Waals surface area contributed by atoms with E-state index in [-0.39, 0.29) is 30.8 Å². The molecule has 0 spiro atoms. The van der Waals surface area contributed by atoms with Crippen LogP contribution in [0.1, 0.15) is 69.7 Å². The van der Waals surface area contributed by atoms with Gasteiger partial charge in [0.2, 0.25) is 0 Å². The van der Waals surface area contributed by atoms with E-state index in [1.54, 1.807) is 21.3 Å². The van der Waals surface area contributed by atoms with Crippen LogP contribution in [-0.2, 0) is 14.2 Å². The van der Waals surface area contributed by atoms with E-state index in [1.165, 1.54) is 0 Å². The summed E-state index contributed by atoms with van der Waals surface area (Å²) in [4.78, 5) is 0. The van der Waals surface area contributed by atoms with E-state index in [2.05, 4.69) is 119 Å². The molecule has 50 heavy (non-hydrogen) atoms. The second-order valence-corrected chi connectivity index (χ2v) is 12.1. The number of rotatable bonds is 16. The zero-order valence-electron chi connectivity index (χ0n) is 28.8. The molecule has 0 aliphatic rings. The fourth-order valence-corrected chi connectivity index (χ4v) is 6.38. The molecular formula is C44H45N3O3. The predicted octanol–water partition coefficient (Wildman–Crippen LogP) is 9.49. The van der Waals surface area contributed by atoms with Gasteiger partial charge in [0.15, 0.2) is 6.23 Å². The van der Waals surface area contributed by atoms with Crippen LogP contribution in [0.5, 0.6) is 0 Å². The molecule has 6 heteroatoms. The van der Waals surface area contributed by atoms with E-state index in [0.717, 1.165) is 44.6 Å². The molecule has 3 N–H and O–H groups in total. The van der Waals surface area contributed by atoms with Gasteiger partial charge in [-0.25, -0.2) is 0 Å². The third kappa shape index (κ3) is 8.55. The summed E-state index contributed by atoms with van der Waals surface area (Å²) in [6, 6.07) is 57.9.